The number of phenolic OH excluding ortho intramolecular Hbond substituents is 1. The third-order valence-electron chi connectivity index (χ3n) is 2.50. The molecule has 1 rings (SSSR count). The topological polar surface area (TPSA) is 37.3 Å². The molecule has 0 unspecified atom stereocenters. The van der Waals surface area contributed by atoms with E-state index in [2.05, 4.69) is 0 Å². The van der Waals surface area contributed by atoms with E-state index in [1.165, 1.54) is 6.92 Å². The summed E-state index contributed by atoms with van der Waals surface area (Å²) in [5.41, 5.74) is 3.30. The van der Waals surface area contributed by atoms with Crippen LogP contribution in [0.4, 0.5) is 0 Å². The number of benzene rings is 1. The molecule has 2 heteroatoms. The van der Waals surface area contributed by atoms with Gasteiger partial charge in [0.15, 0.2) is 5.78 Å². The molecular formula is C11H14O2. The van der Waals surface area contributed by atoms with Crippen molar-refractivity contribution in [2.75, 3.05) is 0 Å². The zero-order valence-corrected chi connectivity index (χ0v) is 8.43. The highest BCUT2D eigenvalue weighted by Gasteiger charge is 2.12. The highest BCUT2D eigenvalue weighted by atomic mass is 16.3. The SMILES string of the molecule is CC(=O)c1cc(C)c(C)c(C)c1O. The maximum absolute atomic E-state index is 11.1. The fourth-order valence-corrected chi connectivity index (χ4v) is 1.34. The predicted octanol–water partition coefficient (Wildman–Crippen LogP) is 2.52. The van der Waals surface area contributed by atoms with Gasteiger partial charge in [-0.25, -0.2) is 0 Å². The van der Waals surface area contributed by atoms with Crippen molar-refractivity contribution in [3.8, 4) is 5.75 Å². The fourth-order valence-electron chi connectivity index (χ4n) is 1.34. The third kappa shape index (κ3) is 1.57. The highest BCUT2D eigenvalue weighted by Crippen LogP contribution is 2.27. The lowest BCUT2D eigenvalue weighted by atomic mass is 9.97. The summed E-state index contributed by atoms with van der Waals surface area (Å²) < 4.78 is 0. The van der Waals surface area contributed by atoms with Crippen molar-refractivity contribution in [1.82, 2.24) is 0 Å². The van der Waals surface area contributed by atoms with Crippen LogP contribution in [0, 0.1) is 20.8 Å². The minimum Gasteiger partial charge on any atom is -0.507 e. The van der Waals surface area contributed by atoms with Crippen LogP contribution >= 0.6 is 0 Å². The highest BCUT2D eigenvalue weighted by molar-refractivity contribution is 5.97. The zero-order valence-electron chi connectivity index (χ0n) is 8.43. The molecular weight excluding hydrogens is 164 g/mol. The van der Waals surface area contributed by atoms with E-state index in [4.69, 9.17) is 0 Å². The Balaban J connectivity index is 3.50. The maximum Gasteiger partial charge on any atom is 0.163 e. The first kappa shape index (κ1) is 9.78. The summed E-state index contributed by atoms with van der Waals surface area (Å²) in [6, 6.07) is 1.74. The third-order valence-corrected chi connectivity index (χ3v) is 2.50. The summed E-state index contributed by atoms with van der Waals surface area (Å²) in [5.74, 6) is 0.0271. The van der Waals surface area contributed by atoms with Crippen LogP contribution in [0.3, 0.4) is 0 Å². The average Bonchev–Trinajstić information content (AvgIpc) is 2.07. The smallest absolute Gasteiger partial charge is 0.163 e. The molecule has 1 N–H and O–H groups in total. The minimum absolute atomic E-state index is 0.0938. The van der Waals surface area contributed by atoms with Gasteiger partial charge < -0.3 is 5.11 Å². The van der Waals surface area contributed by atoms with Crippen LogP contribution in [0.1, 0.15) is 34.0 Å². The maximum atomic E-state index is 11.1. The van der Waals surface area contributed by atoms with Gasteiger partial charge in [0, 0.05) is 0 Å². The Hall–Kier alpha value is -1.31. The number of Topliss-reactive ketones (excluding diaryl/α,β-unsaturated/α-hetero) is 1. The normalized spacial score (nSPS) is 10.2. The second-order valence-corrected chi connectivity index (χ2v) is 3.40. The van der Waals surface area contributed by atoms with Crippen molar-refractivity contribution in [2.45, 2.75) is 27.7 Å². The number of carbonyl (C=O) groups is 1. The van der Waals surface area contributed by atoms with Gasteiger partial charge in [0.1, 0.15) is 5.75 Å². The van der Waals surface area contributed by atoms with E-state index in [1.54, 1.807) is 6.07 Å². The molecule has 0 aliphatic carbocycles. The number of rotatable bonds is 1. The fraction of sp³-hybridized carbons (Fsp3) is 0.364. The number of hydrogen-bond donors (Lipinski definition) is 1. The first-order valence-corrected chi connectivity index (χ1v) is 4.26. The number of carbonyl (C=O) groups excluding carboxylic acids is 1. The van der Waals surface area contributed by atoms with E-state index in [9.17, 15) is 9.90 Å². The molecule has 1 aromatic carbocycles. The second kappa shape index (κ2) is 3.21. The van der Waals surface area contributed by atoms with Gasteiger partial charge >= 0.3 is 0 Å². The lowest BCUT2D eigenvalue weighted by Gasteiger charge is -2.10. The Kier molecular flexibility index (Phi) is 2.41. The molecule has 0 fully saturated rings. The van der Waals surface area contributed by atoms with Crippen molar-refractivity contribution in [3.05, 3.63) is 28.3 Å². The summed E-state index contributed by atoms with van der Waals surface area (Å²) >= 11 is 0. The van der Waals surface area contributed by atoms with Crippen LogP contribution in [-0.2, 0) is 0 Å². The monoisotopic (exact) mass is 178 g/mol. The standard InChI is InChI=1S/C11H14O2/c1-6-5-10(9(4)12)11(13)8(3)7(6)2/h5,13H,1-4H3. The summed E-state index contributed by atoms with van der Waals surface area (Å²) in [5, 5.41) is 9.65. The molecule has 0 atom stereocenters. The minimum atomic E-state index is -0.0938. The van der Waals surface area contributed by atoms with Gasteiger partial charge in [-0.2, -0.15) is 0 Å². The molecule has 0 heterocycles. The first-order chi connectivity index (χ1) is 5.95. The van der Waals surface area contributed by atoms with Crippen LogP contribution in [0.15, 0.2) is 6.07 Å². The molecule has 0 radical (unpaired) electrons. The Labute approximate surface area is 78.2 Å². The molecule has 0 saturated heterocycles. The van der Waals surface area contributed by atoms with Crippen LogP contribution < -0.4 is 0 Å². The second-order valence-electron chi connectivity index (χ2n) is 3.40. The Morgan fingerprint density at radius 1 is 1.23 bits per heavy atom. The van der Waals surface area contributed by atoms with E-state index in [0.717, 1.165) is 16.7 Å². The van der Waals surface area contributed by atoms with E-state index >= 15 is 0 Å². The molecule has 0 saturated carbocycles. The predicted molar refractivity (Wildman–Crippen MR) is 52.3 cm³/mol. The van der Waals surface area contributed by atoms with Gasteiger partial charge in [-0.1, -0.05) is 0 Å². The van der Waals surface area contributed by atoms with E-state index in [1.807, 2.05) is 20.8 Å². The van der Waals surface area contributed by atoms with Crippen molar-refractivity contribution in [3.63, 3.8) is 0 Å². The number of aromatic hydroxyl groups is 1. The van der Waals surface area contributed by atoms with Gasteiger partial charge in [-0.15, -0.1) is 0 Å². The Morgan fingerprint density at radius 2 is 1.77 bits per heavy atom. The van der Waals surface area contributed by atoms with Crippen LogP contribution in [0.5, 0.6) is 5.75 Å². The van der Waals surface area contributed by atoms with Gasteiger partial charge in [0.2, 0.25) is 0 Å². The Morgan fingerprint density at radius 3 is 2.23 bits per heavy atom. The largest absolute Gasteiger partial charge is 0.507 e. The Bertz CT molecular complexity index is 365. The molecule has 2 nitrogen and oxygen atoms in total. The summed E-state index contributed by atoms with van der Waals surface area (Å²) in [6.45, 7) is 7.16. The molecule has 0 aliphatic heterocycles. The average molecular weight is 178 g/mol. The quantitative estimate of drug-likeness (QED) is 0.671. The van der Waals surface area contributed by atoms with Crippen molar-refractivity contribution >= 4 is 5.78 Å². The lowest BCUT2D eigenvalue weighted by Crippen LogP contribution is -1.98. The van der Waals surface area contributed by atoms with Gasteiger partial charge in [-0.3, -0.25) is 4.79 Å². The van der Waals surface area contributed by atoms with Crippen LogP contribution in [0.25, 0.3) is 0 Å². The van der Waals surface area contributed by atoms with Crippen molar-refractivity contribution < 1.29 is 9.90 Å². The molecule has 0 aromatic heterocycles. The molecule has 0 spiro atoms. The summed E-state index contributed by atoms with van der Waals surface area (Å²) in [4.78, 5) is 11.1. The molecule has 0 aliphatic rings. The summed E-state index contributed by atoms with van der Waals surface area (Å²) in [7, 11) is 0. The van der Waals surface area contributed by atoms with E-state index in [-0.39, 0.29) is 11.5 Å². The number of ketones is 1. The first-order valence-electron chi connectivity index (χ1n) is 4.26. The van der Waals surface area contributed by atoms with Gasteiger partial charge in [0.05, 0.1) is 5.56 Å². The molecule has 13 heavy (non-hydrogen) atoms. The molecule has 0 bridgehead atoms. The van der Waals surface area contributed by atoms with Crippen LogP contribution in [-0.4, -0.2) is 10.9 Å². The lowest BCUT2D eigenvalue weighted by molar-refractivity contribution is 0.101. The number of phenols is 1. The number of hydrogen-bond acceptors (Lipinski definition) is 2. The zero-order chi connectivity index (χ0) is 10.2. The van der Waals surface area contributed by atoms with Crippen molar-refractivity contribution in [1.29, 1.82) is 0 Å². The summed E-state index contributed by atoms with van der Waals surface area (Å²) in [6.07, 6.45) is 0. The van der Waals surface area contributed by atoms with E-state index < -0.39 is 0 Å². The van der Waals surface area contributed by atoms with Crippen molar-refractivity contribution in [2.24, 2.45) is 0 Å². The molecule has 0 amide bonds. The van der Waals surface area contributed by atoms with E-state index in [0.29, 0.717) is 5.56 Å². The molecule has 70 valence electrons. The van der Waals surface area contributed by atoms with Gasteiger partial charge in [-0.05, 0) is 50.5 Å². The molecule has 1 aromatic rings. The van der Waals surface area contributed by atoms with Crippen LogP contribution in [0.2, 0.25) is 0 Å². The van der Waals surface area contributed by atoms with Gasteiger partial charge in [0.25, 0.3) is 0 Å². The number of aryl methyl sites for hydroxylation is 1.